The van der Waals surface area contributed by atoms with E-state index < -0.39 is 36.4 Å². The highest BCUT2D eigenvalue weighted by Gasteiger charge is 2.24. The number of nitrogens with zero attached hydrogens (tertiary/aromatic N) is 2. The molecule has 16 nitrogen and oxygen atoms in total. The molecule has 0 aromatic heterocycles. The Bertz CT molecular complexity index is 1440. The van der Waals surface area contributed by atoms with E-state index in [-0.39, 0.29) is 74.3 Å². The molecule has 0 aliphatic heterocycles. The van der Waals surface area contributed by atoms with Gasteiger partial charge in [-0.05, 0) is 89.9 Å². The summed E-state index contributed by atoms with van der Waals surface area (Å²) in [5, 5.41) is 27.5. The Kier molecular flexibility index (Phi) is 50.6. The Balaban J connectivity index is -0.0000266. The van der Waals surface area contributed by atoms with E-state index in [1.807, 2.05) is 54.4 Å². The van der Waals surface area contributed by atoms with Crippen LogP contribution in [0.15, 0.2) is 24.3 Å². The SMILES string of the molecule is CCCCCC(OC(=O)CCCC(=O)OCC[N+](C)(C)C)C(O)C/C=C\CCCCCCCC(=O)NCCNC(=O)CCCCCCC/C=C\CC(O)C(CCCCC)OC(=O)CCCC(=O)OCC[N+](C)(C)C.[Cl-].[Cl-]. The second-order valence-corrected chi connectivity index (χ2v) is 22.1. The molecule has 4 unspecified atom stereocenters. The number of esters is 4. The van der Waals surface area contributed by atoms with Crippen LogP contribution in [0.5, 0.6) is 0 Å². The molecule has 0 aromatic rings. The number of ether oxygens (including phenoxy) is 4. The van der Waals surface area contributed by atoms with Gasteiger partial charge in [-0.15, -0.1) is 0 Å². The summed E-state index contributed by atoms with van der Waals surface area (Å²) in [5.41, 5.74) is 0. The largest absolute Gasteiger partial charge is 1.00 e. The number of nitrogens with one attached hydrogen (secondary N) is 2. The minimum Gasteiger partial charge on any atom is -1.00 e. The van der Waals surface area contributed by atoms with Crippen molar-refractivity contribution in [3.8, 4) is 0 Å². The van der Waals surface area contributed by atoms with Crippen LogP contribution in [0, 0.1) is 0 Å². The average molecular weight is 1120 g/mol. The lowest BCUT2D eigenvalue weighted by atomic mass is 10.0. The number of allylic oxidation sites excluding steroid dienone is 2. The molecule has 0 heterocycles. The lowest BCUT2D eigenvalue weighted by Gasteiger charge is -2.23. The van der Waals surface area contributed by atoms with E-state index in [9.17, 15) is 39.0 Å². The molecule has 76 heavy (non-hydrogen) atoms. The first kappa shape index (κ1) is 77.0. The van der Waals surface area contributed by atoms with E-state index >= 15 is 0 Å². The standard InChI is InChI=1S/C58H106N4O12.2ClH/c1-9-11-25-35-51(73-57(69)41-31-39-55(67)71-47-45-61(3,4)5)49(63)33-27-21-17-13-15-19-23-29-37-53(65)59-43-44-60-54(66)38-30-24-20-16-14-18-22-28-34-50(64)52(36-26-12-10-2)74-58(70)42-32-40-56(68)72-48-46-62(6,7)8;;/h21-22,27-28,49-52,63-64H,9-20,23-26,29-48H2,1-8H3;2*1H/b27-21-,28-22-;;. The van der Waals surface area contributed by atoms with Crippen LogP contribution in [0.25, 0.3) is 0 Å². The summed E-state index contributed by atoms with van der Waals surface area (Å²) in [6.45, 7) is 7.15. The molecule has 0 spiro atoms. The van der Waals surface area contributed by atoms with Gasteiger partial charge in [0.1, 0.15) is 38.5 Å². The molecule has 0 fully saturated rings. The van der Waals surface area contributed by atoms with Crippen molar-refractivity contribution >= 4 is 35.7 Å². The second kappa shape index (κ2) is 50.0. The fraction of sp³-hybridized carbons (Fsp3) is 0.828. The van der Waals surface area contributed by atoms with Crippen molar-refractivity contribution in [3.05, 3.63) is 24.3 Å². The third kappa shape index (κ3) is 51.5. The fourth-order valence-electron chi connectivity index (χ4n) is 7.82. The van der Waals surface area contributed by atoms with Crippen LogP contribution < -0.4 is 35.4 Å². The monoisotopic (exact) mass is 1120 g/mol. The fourth-order valence-corrected chi connectivity index (χ4v) is 7.82. The lowest BCUT2D eigenvalue weighted by Crippen LogP contribution is -3.00. The van der Waals surface area contributed by atoms with E-state index in [0.29, 0.717) is 99.7 Å². The van der Waals surface area contributed by atoms with Crippen molar-refractivity contribution in [2.75, 3.05) is 81.7 Å². The van der Waals surface area contributed by atoms with Crippen LogP contribution in [0.1, 0.15) is 206 Å². The second-order valence-electron chi connectivity index (χ2n) is 22.1. The van der Waals surface area contributed by atoms with Gasteiger partial charge in [-0.1, -0.05) is 102 Å². The first-order chi connectivity index (χ1) is 35.3. The molecule has 0 aromatic carbocycles. The Morgan fingerprint density at radius 2 is 0.776 bits per heavy atom. The van der Waals surface area contributed by atoms with Crippen LogP contribution in [0.2, 0.25) is 0 Å². The maximum Gasteiger partial charge on any atom is 0.306 e. The van der Waals surface area contributed by atoms with Gasteiger partial charge in [0.15, 0.2) is 0 Å². The van der Waals surface area contributed by atoms with Crippen molar-refractivity contribution in [2.45, 2.75) is 231 Å². The third-order valence-corrected chi connectivity index (χ3v) is 12.6. The van der Waals surface area contributed by atoms with Gasteiger partial charge in [-0.2, -0.15) is 0 Å². The number of amides is 2. The number of likely N-dealkylation sites (N-methyl/N-ethyl adjacent to an activating group) is 2. The van der Waals surface area contributed by atoms with E-state index in [1.54, 1.807) is 0 Å². The number of aliphatic hydroxyl groups excluding tert-OH is 2. The number of halogens is 2. The van der Waals surface area contributed by atoms with Crippen molar-refractivity contribution in [1.82, 2.24) is 10.6 Å². The topological polar surface area (TPSA) is 204 Å². The number of carbonyl (C=O) groups is 6. The smallest absolute Gasteiger partial charge is 0.306 e. The lowest BCUT2D eigenvalue weighted by molar-refractivity contribution is -0.870. The van der Waals surface area contributed by atoms with Gasteiger partial charge < -0.3 is 73.6 Å². The zero-order valence-corrected chi connectivity index (χ0v) is 50.2. The molecule has 0 aliphatic carbocycles. The quantitative estimate of drug-likeness (QED) is 0.0228. The molecular weight excluding hydrogens is 1020 g/mol. The van der Waals surface area contributed by atoms with Gasteiger partial charge in [0.2, 0.25) is 11.8 Å². The van der Waals surface area contributed by atoms with Crippen molar-refractivity contribution in [3.63, 3.8) is 0 Å². The number of rotatable bonds is 49. The normalized spacial score (nSPS) is 13.2. The van der Waals surface area contributed by atoms with E-state index in [1.165, 1.54) is 0 Å². The molecule has 0 radical (unpaired) electrons. The van der Waals surface area contributed by atoms with Gasteiger partial charge >= 0.3 is 23.9 Å². The molecule has 0 bridgehead atoms. The molecule has 4 N–H and O–H groups in total. The average Bonchev–Trinajstić information content (AvgIpc) is 3.32. The number of quaternary nitrogens is 2. The maximum atomic E-state index is 12.6. The molecule has 2 amide bonds. The van der Waals surface area contributed by atoms with Gasteiger partial charge in [-0.25, -0.2) is 0 Å². The van der Waals surface area contributed by atoms with E-state index in [4.69, 9.17) is 18.9 Å². The van der Waals surface area contributed by atoms with Crippen LogP contribution in [-0.2, 0) is 47.7 Å². The van der Waals surface area contributed by atoms with E-state index in [2.05, 4.69) is 36.6 Å². The van der Waals surface area contributed by atoms with Crippen LogP contribution in [-0.4, -0.2) is 161 Å². The maximum absolute atomic E-state index is 12.6. The highest BCUT2D eigenvalue weighted by molar-refractivity contribution is 5.77. The van der Waals surface area contributed by atoms with Crippen molar-refractivity contribution in [2.24, 2.45) is 0 Å². The predicted octanol–water partition coefficient (Wildman–Crippen LogP) is 3.13. The first-order valence-corrected chi connectivity index (χ1v) is 28.8. The summed E-state index contributed by atoms with van der Waals surface area (Å²) in [5.74, 6) is -1.43. The van der Waals surface area contributed by atoms with Crippen LogP contribution in [0.4, 0.5) is 0 Å². The highest BCUT2D eigenvalue weighted by atomic mass is 35.5. The molecule has 18 heteroatoms. The van der Waals surface area contributed by atoms with Gasteiger partial charge in [0.25, 0.3) is 0 Å². The molecular formula is C58H108Cl2N4O12. The molecule has 4 atom stereocenters. The summed E-state index contributed by atoms with van der Waals surface area (Å²) in [4.78, 5) is 73.7. The summed E-state index contributed by atoms with van der Waals surface area (Å²) >= 11 is 0. The number of unbranched alkanes of at least 4 members (excludes halogenated alkanes) is 14. The van der Waals surface area contributed by atoms with Crippen molar-refractivity contribution < 1.29 is 91.7 Å². The summed E-state index contributed by atoms with van der Waals surface area (Å²) < 4.78 is 23.3. The zero-order chi connectivity index (χ0) is 55.3. The predicted molar refractivity (Wildman–Crippen MR) is 294 cm³/mol. The minimum atomic E-state index is -0.784. The number of hydrogen-bond acceptors (Lipinski definition) is 12. The number of hydrogen-bond donors (Lipinski definition) is 4. The van der Waals surface area contributed by atoms with Crippen LogP contribution >= 0.6 is 0 Å². The third-order valence-electron chi connectivity index (χ3n) is 12.6. The summed E-state index contributed by atoms with van der Waals surface area (Å²) in [6.07, 6.45) is 26.9. The zero-order valence-electron chi connectivity index (χ0n) is 48.7. The first-order valence-electron chi connectivity index (χ1n) is 28.8. The van der Waals surface area contributed by atoms with Crippen molar-refractivity contribution in [1.29, 1.82) is 0 Å². The van der Waals surface area contributed by atoms with E-state index in [0.717, 1.165) is 116 Å². The molecule has 0 saturated carbocycles. The Hall–Kier alpha value is -3.28. The summed E-state index contributed by atoms with van der Waals surface area (Å²) in [7, 11) is 12.2. The molecule has 446 valence electrons. The Morgan fingerprint density at radius 1 is 0.434 bits per heavy atom. The highest BCUT2D eigenvalue weighted by Crippen LogP contribution is 2.18. The summed E-state index contributed by atoms with van der Waals surface area (Å²) in [6, 6.07) is 0. The van der Waals surface area contributed by atoms with Gasteiger partial charge in [-0.3, -0.25) is 28.8 Å². The molecule has 0 rings (SSSR count). The van der Waals surface area contributed by atoms with Gasteiger partial charge in [0, 0.05) is 51.6 Å². The molecule has 0 saturated heterocycles. The Labute approximate surface area is 473 Å². The number of carbonyl (C=O) groups excluding carboxylic acids is 6. The van der Waals surface area contributed by atoms with Gasteiger partial charge in [0.05, 0.1) is 54.5 Å². The van der Waals surface area contributed by atoms with Crippen LogP contribution in [0.3, 0.4) is 0 Å². The Morgan fingerprint density at radius 3 is 1.13 bits per heavy atom. The minimum absolute atomic E-state index is 0. The molecule has 0 aliphatic rings. The number of aliphatic hydroxyl groups is 2.